The standard InChI is InChI=1S/C19H18N4O2/c24-19(15-9-8-13-5-1-2-6-14(13)11-15)21-12-17-22-18(23-25-17)16-7-3-4-10-20-16/h3-4,7-11H,1-2,5-6,12H2,(H,21,24). The Morgan fingerprint density at radius 3 is 2.84 bits per heavy atom. The van der Waals surface area contributed by atoms with E-state index in [1.807, 2.05) is 24.3 Å². The Hall–Kier alpha value is -3.02. The lowest BCUT2D eigenvalue weighted by molar-refractivity contribution is 0.0946. The van der Waals surface area contributed by atoms with Crippen molar-refractivity contribution in [2.45, 2.75) is 32.2 Å². The van der Waals surface area contributed by atoms with Crippen molar-refractivity contribution in [2.24, 2.45) is 0 Å². The van der Waals surface area contributed by atoms with Gasteiger partial charge in [-0.25, -0.2) is 0 Å². The van der Waals surface area contributed by atoms with Gasteiger partial charge in [0.25, 0.3) is 5.91 Å². The second-order valence-electron chi connectivity index (χ2n) is 6.10. The van der Waals surface area contributed by atoms with Gasteiger partial charge in [-0.3, -0.25) is 9.78 Å². The van der Waals surface area contributed by atoms with Crippen molar-refractivity contribution in [1.29, 1.82) is 0 Å². The second kappa shape index (κ2) is 6.84. The number of hydrogen-bond donors (Lipinski definition) is 1. The van der Waals surface area contributed by atoms with Gasteiger partial charge in [-0.05, 0) is 61.1 Å². The summed E-state index contributed by atoms with van der Waals surface area (Å²) in [5.74, 6) is 0.636. The fourth-order valence-electron chi connectivity index (χ4n) is 3.06. The molecule has 0 radical (unpaired) electrons. The second-order valence-corrected chi connectivity index (χ2v) is 6.10. The van der Waals surface area contributed by atoms with Gasteiger partial charge in [0.05, 0.1) is 6.54 Å². The zero-order chi connectivity index (χ0) is 17.1. The number of fused-ring (bicyclic) bond motifs is 1. The lowest BCUT2D eigenvalue weighted by Gasteiger charge is -2.16. The number of carbonyl (C=O) groups excluding carboxylic acids is 1. The van der Waals surface area contributed by atoms with Gasteiger partial charge >= 0.3 is 0 Å². The van der Waals surface area contributed by atoms with Gasteiger partial charge in [-0.2, -0.15) is 4.98 Å². The highest BCUT2D eigenvalue weighted by atomic mass is 16.5. The van der Waals surface area contributed by atoms with E-state index in [4.69, 9.17) is 4.52 Å². The molecule has 0 aliphatic heterocycles. The van der Waals surface area contributed by atoms with E-state index in [9.17, 15) is 4.79 Å². The Labute approximate surface area is 145 Å². The summed E-state index contributed by atoms with van der Waals surface area (Å²) in [5, 5.41) is 6.73. The minimum Gasteiger partial charge on any atom is -0.343 e. The molecule has 1 amide bonds. The van der Waals surface area contributed by atoms with E-state index in [0.29, 0.717) is 23.0 Å². The molecule has 126 valence electrons. The molecule has 3 aromatic rings. The minimum atomic E-state index is -0.133. The van der Waals surface area contributed by atoms with Crippen LogP contribution in [0, 0.1) is 0 Å². The highest BCUT2D eigenvalue weighted by Crippen LogP contribution is 2.22. The SMILES string of the molecule is O=C(NCc1nc(-c2ccccn2)no1)c1ccc2c(c1)CCCC2. The van der Waals surface area contributed by atoms with Gasteiger partial charge in [0.15, 0.2) is 0 Å². The smallest absolute Gasteiger partial charge is 0.251 e. The van der Waals surface area contributed by atoms with Gasteiger partial charge in [0.1, 0.15) is 5.69 Å². The highest BCUT2D eigenvalue weighted by molar-refractivity contribution is 5.94. The molecule has 0 spiro atoms. The number of pyridine rings is 1. The third-order valence-electron chi connectivity index (χ3n) is 4.37. The number of nitrogens with zero attached hydrogens (tertiary/aromatic N) is 3. The lowest BCUT2D eigenvalue weighted by atomic mass is 9.90. The molecule has 1 aliphatic rings. The highest BCUT2D eigenvalue weighted by Gasteiger charge is 2.14. The molecule has 0 bridgehead atoms. The largest absolute Gasteiger partial charge is 0.343 e. The maximum atomic E-state index is 12.4. The van der Waals surface area contributed by atoms with E-state index in [1.165, 1.54) is 24.0 Å². The van der Waals surface area contributed by atoms with Crippen LogP contribution in [0.4, 0.5) is 0 Å². The van der Waals surface area contributed by atoms with Crippen molar-refractivity contribution in [3.63, 3.8) is 0 Å². The van der Waals surface area contributed by atoms with E-state index >= 15 is 0 Å². The Kier molecular flexibility index (Phi) is 4.24. The van der Waals surface area contributed by atoms with E-state index in [2.05, 4.69) is 26.5 Å². The summed E-state index contributed by atoms with van der Waals surface area (Å²) in [6, 6.07) is 11.4. The van der Waals surface area contributed by atoms with Crippen LogP contribution in [0.3, 0.4) is 0 Å². The van der Waals surface area contributed by atoms with Crippen LogP contribution in [0.25, 0.3) is 11.5 Å². The first-order valence-electron chi connectivity index (χ1n) is 8.43. The minimum absolute atomic E-state index is 0.133. The van der Waals surface area contributed by atoms with Gasteiger partial charge in [0.2, 0.25) is 11.7 Å². The van der Waals surface area contributed by atoms with Crippen LogP contribution >= 0.6 is 0 Å². The van der Waals surface area contributed by atoms with Gasteiger partial charge in [-0.1, -0.05) is 17.3 Å². The molecule has 0 saturated carbocycles. The van der Waals surface area contributed by atoms with Crippen molar-refractivity contribution >= 4 is 5.91 Å². The molecule has 0 atom stereocenters. The van der Waals surface area contributed by atoms with Crippen LogP contribution < -0.4 is 5.32 Å². The van der Waals surface area contributed by atoms with E-state index in [-0.39, 0.29) is 12.5 Å². The molecule has 1 N–H and O–H groups in total. The summed E-state index contributed by atoms with van der Waals surface area (Å²) >= 11 is 0. The molecule has 1 aliphatic carbocycles. The summed E-state index contributed by atoms with van der Waals surface area (Å²) in [7, 11) is 0. The van der Waals surface area contributed by atoms with Crippen LogP contribution in [0.5, 0.6) is 0 Å². The quantitative estimate of drug-likeness (QED) is 0.793. The number of rotatable bonds is 4. The third-order valence-corrected chi connectivity index (χ3v) is 4.37. The van der Waals surface area contributed by atoms with Crippen molar-refractivity contribution in [1.82, 2.24) is 20.4 Å². The zero-order valence-corrected chi connectivity index (χ0v) is 13.7. The molecule has 0 unspecified atom stereocenters. The fourth-order valence-corrected chi connectivity index (χ4v) is 3.06. The van der Waals surface area contributed by atoms with Gasteiger partial charge in [-0.15, -0.1) is 0 Å². The third kappa shape index (κ3) is 3.42. The molecule has 25 heavy (non-hydrogen) atoms. The maximum absolute atomic E-state index is 12.4. The van der Waals surface area contributed by atoms with Crippen LogP contribution in [-0.4, -0.2) is 21.0 Å². The predicted octanol–water partition coefficient (Wildman–Crippen LogP) is 2.94. The monoisotopic (exact) mass is 334 g/mol. The Morgan fingerprint density at radius 2 is 2.00 bits per heavy atom. The number of aryl methyl sites for hydroxylation is 2. The summed E-state index contributed by atoms with van der Waals surface area (Å²) in [4.78, 5) is 20.8. The molecular formula is C19H18N4O2. The van der Waals surface area contributed by atoms with Crippen molar-refractivity contribution in [2.75, 3.05) is 0 Å². The molecule has 0 saturated heterocycles. The first-order valence-corrected chi connectivity index (χ1v) is 8.43. The predicted molar refractivity (Wildman–Crippen MR) is 91.8 cm³/mol. The van der Waals surface area contributed by atoms with Gasteiger partial charge < -0.3 is 9.84 Å². The van der Waals surface area contributed by atoms with Crippen molar-refractivity contribution in [3.05, 3.63) is 65.2 Å². The number of hydrogen-bond acceptors (Lipinski definition) is 5. The molecule has 2 aromatic heterocycles. The van der Waals surface area contributed by atoms with Crippen molar-refractivity contribution < 1.29 is 9.32 Å². The average Bonchev–Trinajstić information content (AvgIpc) is 3.15. The fraction of sp³-hybridized carbons (Fsp3) is 0.263. The van der Waals surface area contributed by atoms with Crippen LogP contribution in [-0.2, 0) is 19.4 Å². The van der Waals surface area contributed by atoms with Crippen molar-refractivity contribution in [3.8, 4) is 11.5 Å². The summed E-state index contributed by atoms with van der Waals surface area (Å²) in [5.41, 5.74) is 3.96. The average molecular weight is 334 g/mol. The normalized spacial score (nSPS) is 13.3. The van der Waals surface area contributed by atoms with E-state index in [1.54, 1.807) is 12.3 Å². The summed E-state index contributed by atoms with van der Waals surface area (Å²) in [6.07, 6.45) is 6.25. The molecule has 2 heterocycles. The van der Waals surface area contributed by atoms with Crippen LogP contribution in [0.15, 0.2) is 47.1 Å². The summed E-state index contributed by atoms with van der Waals surface area (Å²) < 4.78 is 5.18. The first-order chi connectivity index (χ1) is 12.3. The number of benzene rings is 1. The molecule has 6 nitrogen and oxygen atoms in total. The summed E-state index contributed by atoms with van der Waals surface area (Å²) in [6.45, 7) is 0.190. The number of nitrogens with one attached hydrogen (secondary N) is 1. The van der Waals surface area contributed by atoms with Crippen LogP contribution in [0.1, 0.15) is 40.2 Å². The zero-order valence-electron chi connectivity index (χ0n) is 13.7. The Bertz CT molecular complexity index is 889. The maximum Gasteiger partial charge on any atom is 0.251 e. The van der Waals surface area contributed by atoms with Crippen LogP contribution in [0.2, 0.25) is 0 Å². The van der Waals surface area contributed by atoms with E-state index < -0.39 is 0 Å². The Balaban J connectivity index is 1.41. The number of aromatic nitrogens is 3. The molecule has 0 fully saturated rings. The van der Waals surface area contributed by atoms with E-state index in [0.717, 1.165) is 12.8 Å². The number of amides is 1. The molecule has 1 aromatic carbocycles. The van der Waals surface area contributed by atoms with Gasteiger partial charge in [0, 0.05) is 11.8 Å². The molecular weight excluding hydrogens is 316 g/mol. The Morgan fingerprint density at radius 1 is 1.12 bits per heavy atom. The first kappa shape index (κ1) is 15.5. The lowest BCUT2D eigenvalue weighted by Crippen LogP contribution is -2.23. The molecule has 4 rings (SSSR count). The topological polar surface area (TPSA) is 80.9 Å². The molecule has 6 heteroatoms. The number of carbonyl (C=O) groups is 1.